The molecule has 3 aromatic rings. The van der Waals surface area contributed by atoms with E-state index in [0.717, 1.165) is 23.8 Å². The molecular weight excluding hydrogens is 340 g/mol. The lowest BCUT2D eigenvalue weighted by Crippen LogP contribution is -1.93. The minimum Gasteiger partial charge on any atom is -0.207 e. The van der Waals surface area contributed by atoms with Crippen LogP contribution in [-0.2, 0) is 0 Å². The quantitative estimate of drug-likeness (QED) is 0.460. The maximum atomic E-state index is 14.5. The van der Waals surface area contributed by atoms with Crippen LogP contribution in [0.25, 0.3) is 22.3 Å². The van der Waals surface area contributed by atoms with E-state index < -0.39 is 23.3 Å². The number of hydrogen-bond donors (Lipinski definition) is 0. The van der Waals surface area contributed by atoms with Crippen LogP contribution in [0.3, 0.4) is 0 Å². The Morgan fingerprint density at radius 2 is 1.38 bits per heavy atom. The first-order chi connectivity index (χ1) is 11.3. The summed E-state index contributed by atoms with van der Waals surface area (Å²) < 4.78 is 55.3. The predicted octanol–water partition coefficient (Wildman–Crippen LogP) is 6.54. The SMILES string of the molecule is Cc1ccc(-c2cc(F)c(-c3cc(F)cc(F)c3)c(Cl)c2)c(F)c1. The Bertz CT molecular complexity index is 891. The van der Waals surface area contributed by atoms with Crippen molar-refractivity contribution in [3.8, 4) is 22.3 Å². The van der Waals surface area contributed by atoms with E-state index in [0.29, 0.717) is 6.07 Å². The summed E-state index contributed by atoms with van der Waals surface area (Å²) in [5.74, 6) is -2.97. The van der Waals surface area contributed by atoms with Crippen molar-refractivity contribution in [1.82, 2.24) is 0 Å². The van der Waals surface area contributed by atoms with Gasteiger partial charge in [0.25, 0.3) is 0 Å². The average Bonchev–Trinajstić information content (AvgIpc) is 2.45. The van der Waals surface area contributed by atoms with E-state index in [1.54, 1.807) is 13.0 Å². The van der Waals surface area contributed by atoms with Crippen LogP contribution in [0.2, 0.25) is 5.02 Å². The average molecular weight is 351 g/mol. The molecule has 3 aromatic carbocycles. The molecule has 0 saturated heterocycles. The van der Waals surface area contributed by atoms with E-state index >= 15 is 0 Å². The summed E-state index contributed by atoms with van der Waals surface area (Å²) in [6, 6.07) is 9.67. The zero-order valence-electron chi connectivity index (χ0n) is 12.5. The molecule has 0 atom stereocenters. The monoisotopic (exact) mass is 350 g/mol. The third kappa shape index (κ3) is 3.15. The lowest BCUT2D eigenvalue weighted by Gasteiger charge is -2.11. The molecule has 0 aliphatic heterocycles. The summed E-state index contributed by atoms with van der Waals surface area (Å²) in [7, 11) is 0. The second kappa shape index (κ2) is 6.29. The molecule has 5 heteroatoms. The van der Waals surface area contributed by atoms with Gasteiger partial charge in [0.1, 0.15) is 23.3 Å². The van der Waals surface area contributed by atoms with E-state index in [4.69, 9.17) is 11.6 Å². The Hall–Kier alpha value is -2.33. The van der Waals surface area contributed by atoms with Crippen molar-refractivity contribution in [1.29, 1.82) is 0 Å². The molecule has 0 radical (unpaired) electrons. The molecule has 0 bridgehead atoms. The molecule has 0 amide bonds. The van der Waals surface area contributed by atoms with Crippen LogP contribution in [0.5, 0.6) is 0 Å². The van der Waals surface area contributed by atoms with Gasteiger partial charge in [0.05, 0.1) is 5.02 Å². The Balaban J connectivity index is 2.15. The molecule has 24 heavy (non-hydrogen) atoms. The van der Waals surface area contributed by atoms with Crippen LogP contribution < -0.4 is 0 Å². The third-order valence-electron chi connectivity index (χ3n) is 3.63. The Labute approximate surface area is 141 Å². The number of aryl methyl sites for hydroxylation is 1. The van der Waals surface area contributed by atoms with Crippen LogP contribution in [0.15, 0.2) is 48.5 Å². The fraction of sp³-hybridized carbons (Fsp3) is 0.0526. The second-order valence-corrected chi connectivity index (χ2v) is 5.86. The summed E-state index contributed by atoms with van der Waals surface area (Å²) in [4.78, 5) is 0. The van der Waals surface area contributed by atoms with Crippen molar-refractivity contribution < 1.29 is 17.6 Å². The predicted molar refractivity (Wildman–Crippen MR) is 86.9 cm³/mol. The van der Waals surface area contributed by atoms with Crippen LogP contribution in [0.4, 0.5) is 17.6 Å². The first-order valence-electron chi connectivity index (χ1n) is 7.07. The Kier molecular flexibility index (Phi) is 4.33. The number of halogens is 5. The summed E-state index contributed by atoms with van der Waals surface area (Å²) in [6.45, 7) is 1.74. The van der Waals surface area contributed by atoms with Gasteiger partial charge in [-0.05, 0) is 53.9 Å². The smallest absolute Gasteiger partial charge is 0.133 e. The van der Waals surface area contributed by atoms with Crippen molar-refractivity contribution in [3.05, 3.63) is 82.4 Å². The number of rotatable bonds is 2. The third-order valence-corrected chi connectivity index (χ3v) is 3.93. The molecule has 0 unspecified atom stereocenters. The van der Waals surface area contributed by atoms with E-state index in [1.807, 2.05) is 0 Å². The van der Waals surface area contributed by atoms with Gasteiger partial charge >= 0.3 is 0 Å². The van der Waals surface area contributed by atoms with Crippen LogP contribution in [-0.4, -0.2) is 0 Å². The Morgan fingerprint density at radius 1 is 0.708 bits per heavy atom. The highest BCUT2D eigenvalue weighted by Crippen LogP contribution is 2.36. The molecule has 0 aromatic heterocycles. The van der Waals surface area contributed by atoms with E-state index in [2.05, 4.69) is 0 Å². The molecule has 0 spiro atoms. The van der Waals surface area contributed by atoms with Gasteiger partial charge in [-0.15, -0.1) is 0 Å². The highest BCUT2D eigenvalue weighted by Gasteiger charge is 2.16. The fourth-order valence-corrected chi connectivity index (χ4v) is 2.87. The van der Waals surface area contributed by atoms with Crippen molar-refractivity contribution in [2.24, 2.45) is 0 Å². The van der Waals surface area contributed by atoms with Crippen LogP contribution in [0, 0.1) is 30.2 Å². The highest BCUT2D eigenvalue weighted by molar-refractivity contribution is 6.33. The van der Waals surface area contributed by atoms with Crippen molar-refractivity contribution >= 4 is 11.6 Å². The Morgan fingerprint density at radius 3 is 1.96 bits per heavy atom. The molecule has 0 saturated carbocycles. The summed E-state index contributed by atoms with van der Waals surface area (Å²) in [5.41, 5.74) is 1.01. The van der Waals surface area contributed by atoms with Gasteiger partial charge in [0.2, 0.25) is 0 Å². The first kappa shape index (κ1) is 16.5. The largest absolute Gasteiger partial charge is 0.207 e. The molecule has 0 nitrogen and oxygen atoms in total. The normalized spacial score (nSPS) is 10.9. The van der Waals surface area contributed by atoms with Gasteiger partial charge in [0, 0.05) is 17.2 Å². The molecule has 3 rings (SSSR count). The number of hydrogen-bond acceptors (Lipinski definition) is 0. The zero-order chi connectivity index (χ0) is 17.4. The van der Waals surface area contributed by atoms with Gasteiger partial charge in [-0.2, -0.15) is 0 Å². The lowest BCUT2D eigenvalue weighted by molar-refractivity contribution is 0.583. The van der Waals surface area contributed by atoms with Gasteiger partial charge in [0.15, 0.2) is 0 Å². The van der Waals surface area contributed by atoms with Crippen molar-refractivity contribution in [2.75, 3.05) is 0 Å². The molecule has 0 aliphatic rings. The maximum Gasteiger partial charge on any atom is 0.133 e. The zero-order valence-corrected chi connectivity index (χ0v) is 13.3. The van der Waals surface area contributed by atoms with Gasteiger partial charge in [-0.25, -0.2) is 17.6 Å². The van der Waals surface area contributed by atoms with E-state index in [9.17, 15) is 17.6 Å². The van der Waals surface area contributed by atoms with E-state index in [1.165, 1.54) is 18.2 Å². The van der Waals surface area contributed by atoms with Gasteiger partial charge < -0.3 is 0 Å². The highest BCUT2D eigenvalue weighted by atomic mass is 35.5. The molecule has 122 valence electrons. The first-order valence-corrected chi connectivity index (χ1v) is 7.45. The minimum atomic E-state index is -0.839. The summed E-state index contributed by atoms with van der Waals surface area (Å²) in [5, 5.41) is -0.0602. The molecule has 0 aliphatic carbocycles. The van der Waals surface area contributed by atoms with E-state index in [-0.39, 0.29) is 27.3 Å². The summed E-state index contributed by atoms with van der Waals surface area (Å²) >= 11 is 6.10. The van der Waals surface area contributed by atoms with Crippen LogP contribution in [0.1, 0.15) is 5.56 Å². The lowest BCUT2D eigenvalue weighted by atomic mass is 9.98. The fourth-order valence-electron chi connectivity index (χ4n) is 2.56. The standard InChI is InChI=1S/C19H11ClF4/c1-10-2-3-15(17(23)4-10)11-7-16(20)19(18(24)8-11)12-5-13(21)9-14(22)6-12/h2-9H,1H3. The topological polar surface area (TPSA) is 0 Å². The van der Waals surface area contributed by atoms with Crippen LogP contribution >= 0.6 is 11.6 Å². The van der Waals surface area contributed by atoms with Crippen molar-refractivity contribution in [3.63, 3.8) is 0 Å². The molecule has 0 fully saturated rings. The minimum absolute atomic E-state index is 0.0223. The van der Waals surface area contributed by atoms with Gasteiger partial charge in [-0.1, -0.05) is 23.7 Å². The molecule has 0 N–H and O–H groups in total. The summed E-state index contributed by atoms with van der Waals surface area (Å²) in [6.07, 6.45) is 0. The molecular formula is C19H11ClF4. The second-order valence-electron chi connectivity index (χ2n) is 5.46. The number of benzene rings is 3. The van der Waals surface area contributed by atoms with Gasteiger partial charge in [-0.3, -0.25) is 0 Å². The van der Waals surface area contributed by atoms with Crippen molar-refractivity contribution in [2.45, 2.75) is 6.92 Å². The maximum absolute atomic E-state index is 14.5. The molecule has 0 heterocycles.